The summed E-state index contributed by atoms with van der Waals surface area (Å²) < 4.78 is 15.7. The molecule has 13 rings (SSSR count). The maximum atomic E-state index is 6.79. The molecular formula is C58H36N2O2. The Hall–Kier alpha value is -8.34. The highest BCUT2D eigenvalue weighted by Crippen LogP contribution is 2.44. The number of rotatable bonds is 6. The predicted octanol–water partition coefficient (Wildman–Crippen LogP) is 16.5. The largest absolute Gasteiger partial charge is 0.454 e. The third-order valence-electron chi connectivity index (χ3n) is 12.6. The Balaban J connectivity index is 0.923. The highest BCUT2D eigenvalue weighted by atomic mass is 16.3. The fourth-order valence-electron chi connectivity index (χ4n) is 9.64. The molecular weight excluding hydrogens is 757 g/mol. The van der Waals surface area contributed by atoms with Crippen molar-refractivity contribution in [3.05, 3.63) is 218 Å². The second kappa shape index (κ2) is 13.6. The van der Waals surface area contributed by atoms with Crippen molar-refractivity contribution >= 4 is 93.5 Å². The lowest BCUT2D eigenvalue weighted by molar-refractivity contribution is 0.645. The van der Waals surface area contributed by atoms with E-state index >= 15 is 0 Å². The Morgan fingerprint density at radius 1 is 0.355 bits per heavy atom. The number of hydrogen-bond donors (Lipinski definition) is 0. The van der Waals surface area contributed by atoms with Gasteiger partial charge < -0.3 is 13.7 Å². The van der Waals surface area contributed by atoms with Gasteiger partial charge in [-0.2, -0.15) is 0 Å². The minimum Gasteiger partial charge on any atom is -0.454 e. The summed E-state index contributed by atoms with van der Waals surface area (Å²) in [5.41, 5.74) is 13.3. The van der Waals surface area contributed by atoms with E-state index in [1.807, 2.05) is 12.1 Å². The number of nitrogens with zero attached hydrogens (tertiary/aromatic N) is 2. The average Bonchev–Trinajstić information content (AvgIpc) is 4.01. The molecule has 0 N–H and O–H groups in total. The number of benzene rings is 10. The minimum absolute atomic E-state index is 0.850. The van der Waals surface area contributed by atoms with Crippen LogP contribution in [0, 0.1) is 0 Å². The van der Waals surface area contributed by atoms with Crippen molar-refractivity contribution in [2.75, 3.05) is 4.90 Å². The Labute approximate surface area is 356 Å². The summed E-state index contributed by atoms with van der Waals surface area (Å²) in [4.78, 5) is 2.30. The fourth-order valence-corrected chi connectivity index (χ4v) is 9.64. The van der Waals surface area contributed by atoms with Crippen molar-refractivity contribution in [3.8, 4) is 27.9 Å². The van der Waals surface area contributed by atoms with E-state index in [1.54, 1.807) is 0 Å². The van der Waals surface area contributed by atoms with E-state index in [-0.39, 0.29) is 0 Å². The van der Waals surface area contributed by atoms with Crippen LogP contribution >= 0.6 is 0 Å². The van der Waals surface area contributed by atoms with Gasteiger partial charge in [-0.25, -0.2) is 0 Å². The van der Waals surface area contributed by atoms with Crippen LogP contribution in [-0.2, 0) is 0 Å². The van der Waals surface area contributed by atoms with Crippen molar-refractivity contribution in [2.24, 2.45) is 0 Å². The molecule has 3 aromatic heterocycles. The molecule has 0 saturated carbocycles. The molecule has 0 fully saturated rings. The number of furan rings is 2. The lowest BCUT2D eigenvalue weighted by Crippen LogP contribution is -2.10. The molecule has 0 radical (unpaired) electrons. The lowest BCUT2D eigenvalue weighted by atomic mass is 10.0. The van der Waals surface area contributed by atoms with Gasteiger partial charge in [-0.05, 0) is 111 Å². The van der Waals surface area contributed by atoms with Gasteiger partial charge in [0.1, 0.15) is 11.2 Å². The van der Waals surface area contributed by atoms with Gasteiger partial charge in [0.15, 0.2) is 5.58 Å². The van der Waals surface area contributed by atoms with Crippen molar-refractivity contribution in [3.63, 3.8) is 0 Å². The summed E-state index contributed by atoms with van der Waals surface area (Å²) in [6.07, 6.45) is 0. The molecule has 4 nitrogen and oxygen atoms in total. The maximum Gasteiger partial charge on any atom is 0.213 e. The lowest BCUT2D eigenvalue weighted by Gasteiger charge is -2.26. The zero-order valence-electron chi connectivity index (χ0n) is 33.5. The SMILES string of the molecule is c1ccc(-c2ccc(N(c3ccc(-c4ccc5oc6c(c5c4)c4ccccc4n6-c4ccc5c(ccc6ccccc65)c4)cc3)c3cccc4c3oc3ccccc34)cc2)cc1. The van der Waals surface area contributed by atoms with Gasteiger partial charge in [-0.3, -0.25) is 4.57 Å². The molecule has 0 saturated heterocycles. The van der Waals surface area contributed by atoms with E-state index in [1.165, 1.54) is 38.1 Å². The molecule has 290 valence electrons. The molecule has 0 amide bonds. The third kappa shape index (κ3) is 5.33. The first-order chi connectivity index (χ1) is 30.7. The Morgan fingerprint density at radius 3 is 1.79 bits per heavy atom. The number of para-hydroxylation sites is 3. The molecule has 4 heteroatoms. The number of anilines is 3. The zero-order chi connectivity index (χ0) is 40.7. The fraction of sp³-hybridized carbons (Fsp3) is 0. The van der Waals surface area contributed by atoms with Gasteiger partial charge in [0.2, 0.25) is 5.71 Å². The van der Waals surface area contributed by atoms with E-state index in [9.17, 15) is 0 Å². The maximum absolute atomic E-state index is 6.79. The zero-order valence-corrected chi connectivity index (χ0v) is 33.5. The second-order valence-corrected chi connectivity index (χ2v) is 16.1. The highest BCUT2D eigenvalue weighted by Gasteiger charge is 2.22. The first-order valence-corrected chi connectivity index (χ1v) is 21.1. The van der Waals surface area contributed by atoms with Crippen LogP contribution in [0.5, 0.6) is 0 Å². The summed E-state index contributed by atoms with van der Waals surface area (Å²) in [7, 11) is 0. The van der Waals surface area contributed by atoms with Gasteiger partial charge in [0.05, 0.1) is 16.6 Å². The van der Waals surface area contributed by atoms with Crippen LogP contribution < -0.4 is 4.90 Å². The van der Waals surface area contributed by atoms with E-state index < -0.39 is 0 Å². The third-order valence-corrected chi connectivity index (χ3v) is 12.6. The summed E-state index contributed by atoms with van der Waals surface area (Å²) in [5.74, 6) is 0. The standard InChI is InChI=1S/C58H36N2O2/c1-2-11-37(12-3-1)38-23-28-43(29-24-38)59(53-19-10-17-49-48-15-7-9-20-54(48)61-57(49)53)44-30-25-39(26-31-44)41-27-34-55-51(36-41)56-50-16-6-8-18-52(50)60(58(56)62-55)45-32-33-47-42(35-45)22-21-40-13-4-5-14-46(40)47/h1-36H. The van der Waals surface area contributed by atoms with Crippen LogP contribution in [0.15, 0.2) is 227 Å². The molecule has 0 atom stereocenters. The molecule has 0 aliphatic heterocycles. The average molecular weight is 793 g/mol. The summed E-state index contributed by atoms with van der Waals surface area (Å²) in [6.45, 7) is 0. The minimum atomic E-state index is 0.850. The van der Waals surface area contributed by atoms with E-state index in [2.05, 4.69) is 216 Å². The molecule has 3 heterocycles. The molecule has 0 bridgehead atoms. The van der Waals surface area contributed by atoms with Crippen LogP contribution in [0.1, 0.15) is 0 Å². The van der Waals surface area contributed by atoms with Crippen LogP contribution in [0.2, 0.25) is 0 Å². The van der Waals surface area contributed by atoms with Gasteiger partial charge >= 0.3 is 0 Å². The highest BCUT2D eigenvalue weighted by molar-refractivity contribution is 6.21. The summed E-state index contributed by atoms with van der Waals surface area (Å²) in [5, 5.41) is 10.5. The van der Waals surface area contributed by atoms with E-state index in [0.29, 0.717) is 0 Å². The van der Waals surface area contributed by atoms with Crippen molar-refractivity contribution in [1.29, 1.82) is 0 Å². The van der Waals surface area contributed by atoms with Gasteiger partial charge in [-0.15, -0.1) is 0 Å². The molecule has 10 aromatic carbocycles. The summed E-state index contributed by atoms with van der Waals surface area (Å²) in [6, 6.07) is 77.8. The number of fused-ring (bicyclic) bond motifs is 11. The molecule has 0 aliphatic carbocycles. The predicted molar refractivity (Wildman–Crippen MR) is 258 cm³/mol. The van der Waals surface area contributed by atoms with Crippen molar-refractivity contribution in [1.82, 2.24) is 4.57 Å². The van der Waals surface area contributed by atoms with Gasteiger partial charge in [-0.1, -0.05) is 152 Å². The Kier molecular flexibility index (Phi) is 7.57. The first kappa shape index (κ1) is 34.5. The Bertz CT molecular complexity index is 3850. The number of hydrogen-bond acceptors (Lipinski definition) is 3. The summed E-state index contributed by atoms with van der Waals surface area (Å²) >= 11 is 0. The van der Waals surface area contributed by atoms with E-state index in [4.69, 9.17) is 8.83 Å². The topological polar surface area (TPSA) is 34.5 Å². The van der Waals surface area contributed by atoms with Crippen LogP contribution in [0.25, 0.3) is 104 Å². The smallest absolute Gasteiger partial charge is 0.213 e. The normalized spacial score (nSPS) is 11.9. The molecule has 0 spiro atoms. The quantitative estimate of drug-likeness (QED) is 0.157. The van der Waals surface area contributed by atoms with Crippen LogP contribution in [-0.4, -0.2) is 4.57 Å². The van der Waals surface area contributed by atoms with Crippen molar-refractivity contribution in [2.45, 2.75) is 0 Å². The molecule has 62 heavy (non-hydrogen) atoms. The first-order valence-electron chi connectivity index (χ1n) is 21.1. The Morgan fingerprint density at radius 2 is 0.968 bits per heavy atom. The molecule has 0 unspecified atom stereocenters. The van der Waals surface area contributed by atoms with Gasteiger partial charge in [0.25, 0.3) is 0 Å². The second-order valence-electron chi connectivity index (χ2n) is 16.1. The van der Waals surface area contributed by atoms with Crippen LogP contribution in [0.3, 0.4) is 0 Å². The van der Waals surface area contributed by atoms with E-state index in [0.717, 1.165) is 83.4 Å². The van der Waals surface area contributed by atoms with Crippen LogP contribution in [0.4, 0.5) is 17.1 Å². The molecule has 0 aliphatic rings. The molecule has 13 aromatic rings. The monoisotopic (exact) mass is 792 g/mol. The van der Waals surface area contributed by atoms with Crippen molar-refractivity contribution < 1.29 is 8.83 Å². The van der Waals surface area contributed by atoms with Gasteiger partial charge in [0, 0.05) is 38.6 Å². The number of aromatic nitrogens is 1.